The van der Waals surface area contributed by atoms with E-state index in [1.807, 2.05) is 14.0 Å². The molecule has 1 fully saturated rings. The van der Waals surface area contributed by atoms with Gasteiger partial charge in [0, 0.05) is 25.2 Å². The summed E-state index contributed by atoms with van der Waals surface area (Å²) in [7, 11) is 4.02. The van der Waals surface area contributed by atoms with E-state index >= 15 is 0 Å². The highest BCUT2D eigenvalue weighted by Crippen LogP contribution is 2.08. The number of hydrogen-bond acceptors (Lipinski definition) is 4. The summed E-state index contributed by atoms with van der Waals surface area (Å²) in [5, 5.41) is 6.49. The Labute approximate surface area is 120 Å². The van der Waals surface area contributed by atoms with Gasteiger partial charge in [0.05, 0.1) is 6.61 Å². The van der Waals surface area contributed by atoms with Crippen molar-refractivity contribution in [3.63, 3.8) is 0 Å². The Bertz CT molecular complexity index is 176. The van der Waals surface area contributed by atoms with Gasteiger partial charge in [-0.3, -0.25) is 0 Å². The highest BCUT2D eigenvalue weighted by Gasteiger charge is 2.15. The van der Waals surface area contributed by atoms with E-state index in [0.717, 1.165) is 25.7 Å². The standard InChI is InChI=1S/C8H18N2.C7H17NO/c1-3-10-6-4-5-8(7-10)9-2;1-4-7(8-3)6-9-5-2/h8-9H,3-7H2,1-2H3;7-8H,4-6H2,1-3H3. The first-order chi connectivity index (χ1) is 9.21. The maximum Gasteiger partial charge on any atom is 0.0619 e. The van der Waals surface area contributed by atoms with Gasteiger partial charge < -0.3 is 20.3 Å². The number of rotatable bonds is 7. The molecule has 2 N–H and O–H groups in total. The van der Waals surface area contributed by atoms with Gasteiger partial charge in [-0.2, -0.15) is 0 Å². The lowest BCUT2D eigenvalue weighted by Crippen LogP contribution is -2.44. The molecule has 0 spiro atoms. The van der Waals surface area contributed by atoms with Crippen LogP contribution in [-0.4, -0.2) is 63.9 Å². The second-order valence-electron chi connectivity index (χ2n) is 5.07. The molecule has 0 radical (unpaired) electrons. The molecule has 0 amide bonds. The molecule has 1 aliphatic heterocycles. The van der Waals surface area contributed by atoms with Crippen LogP contribution in [0.5, 0.6) is 0 Å². The van der Waals surface area contributed by atoms with Crippen LogP contribution >= 0.6 is 0 Å². The van der Waals surface area contributed by atoms with Gasteiger partial charge in [-0.1, -0.05) is 13.8 Å². The molecule has 0 bridgehead atoms. The van der Waals surface area contributed by atoms with E-state index in [-0.39, 0.29) is 0 Å². The van der Waals surface area contributed by atoms with Crippen molar-refractivity contribution in [1.29, 1.82) is 0 Å². The van der Waals surface area contributed by atoms with Gasteiger partial charge in [0.15, 0.2) is 0 Å². The second kappa shape index (κ2) is 12.9. The van der Waals surface area contributed by atoms with E-state index in [0.29, 0.717) is 6.04 Å². The zero-order valence-electron chi connectivity index (χ0n) is 13.7. The van der Waals surface area contributed by atoms with E-state index in [1.54, 1.807) is 0 Å². The van der Waals surface area contributed by atoms with E-state index in [9.17, 15) is 0 Å². The molecule has 1 rings (SSSR count). The van der Waals surface area contributed by atoms with Crippen molar-refractivity contribution in [2.75, 3.05) is 46.9 Å². The summed E-state index contributed by atoms with van der Waals surface area (Å²) in [5.41, 5.74) is 0. The van der Waals surface area contributed by atoms with Gasteiger partial charge in [0.1, 0.15) is 0 Å². The fraction of sp³-hybridized carbons (Fsp3) is 1.00. The van der Waals surface area contributed by atoms with Gasteiger partial charge in [0.25, 0.3) is 0 Å². The largest absolute Gasteiger partial charge is 0.380 e. The molecule has 0 aromatic carbocycles. The third-order valence-electron chi connectivity index (χ3n) is 3.79. The third-order valence-corrected chi connectivity index (χ3v) is 3.79. The van der Waals surface area contributed by atoms with Crippen LogP contribution in [0, 0.1) is 0 Å². The molecule has 0 aliphatic carbocycles. The van der Waals surface area contributed by atoms with Crippen molar-refractivity contribution in [3.05, 3.63) is 0 Å². The van der Waals surface area contributed by atoms with Gasteiger partial charge in [-0.25, -0.2) is 0 Å². The Kier molecular flexibility index (Phi) is 12.7. The minimum Gasteiger partial charge on any atom is -0.380 e. The highest BCUT2D eigenvalue weighted by molar-refractivity contribution is 4.75. The lowest BCUT2D eigenvalue weighted by Gasteiger charge is -2.31. The van der Waals surface area contributed by atoms with Crippen molar-refractivity contribution < 1.29 is 4.74 Å². The Morgan fingerprint density at radius 2 is 2.00 bits per heavy atom. The van der Waals surface area contributed by atoms with Crippen LogP contribution in [-0.2, 0) is 4.74 Å². The summed E-state index contributed by atoms with van der Waals surface area (Å²) in [5.74, 6) is 0. The molecule has 1 heterocycles. The van der Waals surface area contributed by atoms with Crippen molar-refractivity contribution in [2.24, 2.45) is 0 Å². The van der Waals surface area contributed by atoms with Crippen LogP contribution in [0.15, 0.2) is 0 Å². The number of likely N-dealkylation sites (tertiary alicyclic amines) is 1. The minimum atomic E-state index is 0.532. The number of likely N-dealkylation sites (N-methyl/N-ethyl adjacent to an activating group) is 3. The zero-order chi connectivity index (χ0) is 14.5. The lowest BCUT2D eigenvalue weighted by molar-refractivity contribution is 0.124. The van der Waals surface area contributed by atoms with Crippen LogP contribution in [0.4, 0.5) is 0 Å². The van der Waals surface area contributed by atoms with Gasteiger partial charge in [0.2, 0.25) is 0 Å². The molecule has 1 saturated heterocycles. The molecule has 0 aromatic heterocycles. The smallest absolute Gasteiger partial charge is 0.0619 e. The van der Waals surface area contributed by atoms with Crippen LogP contribution in [0.25, 0.3) is 0 Å². The molecule has 116 valence electrons. The van der Waals surface area contributed by atoms with Crippen molar-refractivity contribution >= 4 is 0 Å². The molecule has 4 heteroatoms. The normalized spacial score (nSPS) is 21.6. The topological polar surface area (TPSA) is 36.5 Å². The Morgan fingerprint density at radius 1 is 1.26 bits per heavy atom. The summed E-state index contributed by atoms with van der Waals surface area (Å²) in [6.45, 7) is 11.8. The predicted molar refractivity (Wildman–Crippen MR) is 83.8 cm³/mol. The average Bonchev–Trinajstić information content (AvgIpc) is 2.49. The summed E-state index contributed by atoms with van der Waals surface area (Å²) < 4.78 is 5.21. The Balaban J connectivity index is 0.000000344. The number of hydrogen-bond donors (Lipinski definition) is 2. The van der Waals surface area contributed by atoms with E-state index < -0.39 is 0 Å². The fourth-order valence-corrected chi connectivity index (χ4v) is 2.24. The van der Waals surface area contributed by atoms with Gasteiger partial charge in [-0.05, 0) is 53.4 Å². The fourth-order valence-electron chi connectivity index (χ4n) is 2.24. The van der Waals surface area contributed by atoms with E-state index in [1.165, 1.54) is 32.5 Å². The Hall–Kier alpha value is -0.160. The van der Waals surface area contributed by atoms with Crippen molar-refractivity contribution in [3.8, 4) is 0 Å². The highest BCUT2D eigenvalue weighted by atomic mass is 16.5. The van der Waals surface area contributed by atoms with E-state index in [2.05, 4.69) is 36.4 Å². The number of ether oxygens (including phenoxy) is 1. The zero-order valence-corrected chi connectivity index (χ0v) is 13.7. The lowest BCUT2D eigenvalue weighted by atomic mass is 10.1. The predicted octanol–water partition coefficient (Wildman–Crippen LogP) is 1.71. The van der Waals surface area contributed by atoms with E-state index in [4.69, 9.17) is 4.74 Å². The number of piperidine rings is 1. The third kappa shape index (κ3) is 9.38. The van der Waals surface area contributed by atoms with Crippen molar-refractivity contribution in [1.82, 2.24) is 15.5 Å². The number of nitrogens with one attached hydrogen (secondary N) is 2. The maximum absolute atomic E-state index is 5.21. The first kappa shape index (κ1) is 18.8. The minimum absolute atomic E-state index is 0.532. The summed E-state index contributed by atoms with van der Waals surface area (Å²) in [6.07, 6.45) is 3.85. The van der Waals surface area contributed by atoms with Gasteiger partial charge >= 0.3 is 0 Å². The van der Waals surface area contributed by atoms with Crippen molar-refractivity contribution in [2.45, 2.75) is 52.1 Å². The molecular weight excluding hydrogens is 238 g/mol. The first-order valence-electron chi connectivity index (χ1n) is 7.86. The van der Waals surface area contributed by atoms with Crippen LogP contribution in [0.1, 0.15) is 40.0 Å². The summed E-state index contributed by atoms with van der Waals surface area (Å²) in [4.78, 5) is 2.50. The summed E-state index contributed by atoms with van der Waals surface area (Å²) >= 11 is 0. The molecule has 0 saturated carbocycles. The second-order valence-corrected chi connectivity index (χ2v) is 5.07. The quantitative estimate of drug-likeness (QED) is 0.740. The van der Waals surface area contributed by atoms with Gasteiger partial charge in [-0.15, -0.1) is 0 Å². The number of nitrogens with zero attached hydrogens (tertiary/aromatic N) is 1. The van der Waals surface area contributed by atoms with Crippen LogP contribution < -0.4 is 10.6 Å². The molecule has 0 aromatic rings. The first-order valence-corrected chi connectivity index (χ1v) is 7.86. The molecule has 2 unspecified atom stereocenters. The monoisotopic (exact) mass is 273 g/mol. The maximum atomic E-state index is 5.21. The summed E-state index contributed by atoms with van der Waals surface area (Å²) in [6, 6.07) is 1.28. The Morgan fingerprint density at radius 3 is 2.47 bits per heavy atom. The van der Waals surface area contributed by atoms with Crippen LogP contribution in [0.3, 0.4) is 0 Å². The van der Waals surface area contributed by atoms with Crippen LogP contribution in [0.2, 0.25) is 0 Å². The molecule has 4 nitrogen and oxygen atoms in total. The average molecular weight is 273 g/mol. The molecular formula is C15H35N3O. The molecule has 2 atom stereocenters. The molecule has 19 heavy (non-hydrogen) atoms. The molecule has 1 aliphatic rings. The SMILES string of the molecule is CCN1CCCC(NC)C1.CCOCC(CC)NC.